The van der Waals surface area contributed by atoms with Crippen molar-refractivity contribution >= 4 is 28.7 Å². The molecule has 0 amide bonds. The topological polar surface area (TPSA) is 41.9 Å². The van der Waals surface area contributed by atoms with E-state index in [-0.39, 0.29) is 16.8 Å². The molecule has 0 N–H and O–H groups in total. The van der Waals surface area contributed by atoms with Crippen molar-refractivity contribution in [2.24, 2.45) is 4.99 Å². The first kappa shape index (κ1) is 23.3. The van der Waals surface area contributed by atoms with Crippen LogP contribution in [0.1, 0.15) is 80.1 Å². The van der Waals surface area contributed by atoms with Gasteiger partial charge in [0.05, 0.1) is 35.4 Å². The van der Waals surface area contributed by atoms with E-state index in [1.807, 2.05) is 30.3 Å². The molecular formula is C31H34N2O2. The van der Waals surface area contributed by atoms with Gasteiger partial charge in [-0.1, -0.05) is 52.0 Å². The number of aliphatic imine (C=N–C) groups is 1. The molecule has 5 rings (SSSR count). The van der Waals surface area contributed by atoms with Crippen LogP contribution in [0.2, 0.25) is 0 Å². The first-order chi connectivity index (χ1) is 16.7. The number of fused-ring (bicyclic) bond motifs is 3. The number of ether oxygens (including phenoxy) is 1. The highest BCUT2D eigenvalue weighted by Gasteiger charge is 2.39. The minimum absolute atomic E-state index is 0.0932. The second kappa shape index (κ2) is 8.37. The normalized spacial score (nSPS) is 17.4. The SMILES string of the molecule is CCN1c2ccccc2N=C(c2ccc(C(=O)OC)cc2)c2cc3c(cc21)C(C)(C)CCC3(C)C. The van der Waals surface area contributed by atoms with E-state index in [1.54, 1.807) is 0 Å². The lowest BCUT2D eigenvalue weighted by atomic mass is 9.62. The lowest BCUT2D eigenvalue weighted by Crippen LogP contribution is -2.34. The smallest absolute Gasteiger partial charge is 0.337 e. The molecule has 4 heteroatoms. The third kappa shape index (κ3) is 3.85. The molecule has 180 valence electrons. The maximum atomic E-state index is 12.0. The number of hydrogen-bond donors (Lipinski definition) is 0. The van der Waals surface area contributed by atoms with E-state index in [9.17, 15) is 4.79 Å². The molecule has 35 heavy (non-hydrogen) atoms. The van der Waals surface area contributed by atoms with E-state index < -0.39 is 0 Å². The molecule has 2 aliphatic rings. The Labute approximate surface area is 208 Å². The van der Waals surface area contributed by atoms with E-state index >= 15 is 0 Å². The minimum atomic E-state index is -0.333. The molecule has 3 aromatic rings. The Morgan fingerprint density at radius 2 is 1.54 bits per heavy atom. The number of anilines is 2. The maximum absolute atomic E-state index is 12.0. The summed E-state index contributed by atoms with van der Waals surface area (Å²) in [4.78, 5) is 19.7. The number of rotatable bonds is 3. The quantitative estimate of drug-likeness (QED) is 0.376. The summed E-state index contributed by atoms with van der Waals surface area (Å²) < 4.78 is 4.90. The molecule has 3 aromatic carbocycles. The number of nitrogens with zero attached hydrogens (tertiary/aromatic N) is 2. The highest BCUT2D eigenvalue weighted by molar-refractivity contribution is 6.19. The van der Waals surface area contributed by atoms with Gasteiger partial charge < -0.3 is 9.64 Å². The van der Waals surface area contributed by atoms with Crippen LogP contribution in [0.5, 0.6) is 0 Å². The van der Waals surface area contributed by atoms with Gasteiger partial charge in [0.25, 0.3) is 0 Å². The van der Waals surface area contributed by atoms with Crippen LogP contribution in [0.4, 0.5) is 17.1 Å². The molecular weight excluding hydrogens is 432 g/mol. The van der Waals surface area contributed by atoms with Crippen molar-refractivity contribution < 1.29 is 9.53 Å². The number of para-hydroxylation sites is 2. The average Bonchev–Trinajstić information content (AvgIpc) is 2.99. The monoisotopic (exact) mass is 466 g/mol. The molecule has 4 nitrogen and oxygen atoms in total. The molecule has 0 radical (unpaired) electrons. The van der Waals surface area contributed by atoms with Gasteiger partial charge in [-0.25, -0.2) is 9.79 Å². The van der Waals surface area contributed by atoms with Gasteiger partial charge in [-0.3, -0.25) is 0 Å². The summed E-state index contributed by atoms with van der Waals surface area (Å²) in [6, 6.07) is 20.8. The zero-order valence-corrected chi connectivity index (χ0v) is 21.6. The van der Waals surface area contributed by atoms with Gasteiger partial charge >= 0.3 is 5.97 Å². The lowest BCUT2D eigenvalue weighted by Gasteiger charge is -2.43. The first-order valence-corrected chi connectivity index (χ1v) is 12.5. The molecule has 1 aliphatic carbocycles. The summed E-state index contributed by atoms with van der Waals surface area (Å²) in [7, 11) is 1.41. The molecule has 0 unspecified atom stereocenters. The van der Waals surface area contributed by atoms with Crippen molar-refractivity contribution in [2.75, 3.05) is 18.6 Å². The number of carbonyl (C=O) groups excluding carboxylic acids is 1. The Kier molecular flexibility index (Phi) is 5.58. The average molecular weight is 467 g/mol. The summed E-state index contributed by atoms with van der Waals surface area (Å²) in [6.07, 6.45) is 2.33. The molecule has 0 spiro atoms. The standard InChI is InChI=1S/C31H34N2O2/c1-7-33-26-11-9-8-10-25(26)32-28(20-12-14-21(15-13-20)29(34)35-6)22-18-23-24(19-27(22)33)31(4,5)17-16-30(23,2)3/h8-15,18-19H,7,16-17H2,1-6H3. The molecule has 0 atom stereocenters. The summed E-state index contributed by atoms with van der Waals surface area (Å²) in [5.74, 6) is -0.333. The third-order valence-corrected chi connectivity index (χ3v) is 7.82. The fourth-order valence-corrected chi connectivity index (χ4v) is 5.56. The first-order valence-electron chi connectivity index (χ1n) is 12.5. The predicted octanol–water partition coefficient (Wildman–Crippen LogP) is 7.46. The van der Waals surface area contributed by atoms with Crippen LogP contribution >= 0.6 is 0 Å². The van der Waals surface area contributed by atoms with Gasteiger partial charge in [0.15, 0.2) is 0 Å². The van der Waals surface area contributed by atoms with Crippen LogP contribution in [-0.2, 0) is 15.6 Å². The maximum Gasteiger partial charge on any atom is 0.337 e. The molecule has 0 bridgehead atoms. The van der Waals surface area contributed by atoms with E-state index in [4.69, 9.17) is 9.73 Å². The zero-order valence-electron chi connectivity index (χ0n) is 21.6. The van der Waals surface area contributed by atoms with Crippen LogP contribution in [0.25, 0.3) is 0 Å². The second-order valence-electron chi connectivity index (χ2n) is 10.9. The highest BCUT2D eigenvalue weighted by atomic mass is 16.5. The summed E-state index contributed by atoms with van der Waals surface area (Å²) in [6.45, 7) is 12.5. The van der Waals surface area contributed by atoms with Crippen molar-refractivity contribution in [1.82, 2.24) is 0 Å². The van der Waals surface area contributed by atoms with E-state index in [1.165, 1.54) is 30.3 Å². The van der Waals surface area contributed by atoms with Crippen LogP contribution < -0.4 is 4.90 Å². The van der Waals surface area contributed by atoms with Gasteiger partial charge in [-0.2, -0.15) is 0 Å². The van der Waals surface area contributed by atoms with Gasteiger partial charge in [-0.15, -0.1) is 0 Å². The molecule has 0 saturated carbocycles. The summed E-state index contributed by atoms with van der Waals surface area (Å²) in [5, 5.41) is 0. The summed E-state index contributed by atoms with van der Waals surface area (Å²) >= 11 is 0. The lowest BCUT2D eigenvalue weighted by molar-refractivity contribution is 0.0600. The number of carbonyl (C=O) groups is 1. The zero-order chi connectivity index (χ0) is 25.0. The number of benzene rings is 3. The number of hydrogen-bond acceptors (Lipinski definition) is 4. The Balaban J connectivity index is 1.80. The Morgan fingerprint density at radius 3 is 2.17 bits per heavy atom. The fraction of sp³-hybridized carbons (Fsp3) is 0.355. The van der Waals surface area contributed by atoms with E-state index in [0.29, 0.717) is 5.56 Å². The van der Waals surface area contributed by atoms with Gasteiger partial charge in [-0.05, 0) is 78.1 Å². The molecule has 1 heterocycles. The van der Waals surface area contributed by atoms with Crippen LogP contribution in [0.15, 0.2) is 65.7 Å². The molecule has 1 aliphatic heterocycles. The van der Waals surface area contributed by atoms with E-state index in [2.05, 4.69) is 69.9 Å². The number of methoxy groups -OCH3 is 1. The van der Waals surface area contributed by atoms with Gasteiger partial charge in [0.2, 0.25) is 0 Å². The molecule has 0 saturated heterocycles. The summed E-state index contributed by atoms with van der Waals surface area (Å²) in [5.41, 5.74) is 9.91. The Hall–Kier alpha value is -3.40. The van der Waals surface area contributed by atoms with Crippen molar-refractivity contribution in [3.8, 4) is 0 Å². The van der Waals surface area contributed by atoms with Crippen LogP contribution in [-0.4, -0.2) is 25.3 Å². The Morgan fingerprint density at radius 1 is 0.914 bits per heavy atom. The van der Waals surface area contributed by atoms with Crippen molar-refractivity contribution in [3.63, 3.8) is 0 Å². The van der Waals surface area contributed by atoms with Crippen LogP contribution in [0, 0.1) is 0 Å². The fourth-order valence-electron chi connectivity index (χ4n) is 5.56. The highest BCUT2D eigenvalue weighted by Crippen LogP contribution is 2.50. The number of esters is 1. The Bertz CT molecular complexity index is 1330. The molecule has 0 fully saturated rings. The van der Waals surface area contributed by atoms with Crippen molar-refractivity contribution in [1.29, 1.82) is 0 Å². The van der Waals surface area contributed by atoms with Gasteiger partial charge in [0, 0.05) is 17.7 Å². The third-order valence-electron chi connectivity index (χ3n) is 7.82. The predicted molar refractivity (Wildman–Crippen MR) is 144 cm³/mol. The molecule has 0 aromatic heterocycles. The van der Waals surface area contributed by atoms with Crippen LogP contribution in [0.3, 0.4) is 0 Å². The van der Waals surface area contributed by atoms with Crippen molar-refractivity contribution in [3.05, 3.63) is 88.5 Å². The van der Waals surface area contributed by atoms with E-state index in [0.717, 1.165) is 41.2 Å². The second-order valence-corrected chi connectivity index (χ2v) is 10.9. The van der Waals surface area contributed by atoms with Crippen molar-refractivity contribution in [2.45, 2.75) is 58.3 Å². The van der Waals surface area contributed by atoms with Gasteiger partial charge in [0.1, 0.15) is 0 Å². The minimum Gasteiger partial charge on any atom is -0.465 e. The largest absolute Gasteiger partial charge is 0.465 e.